The highest BCUT2D eigenvalue weighted by molar-refractivity contribution is 8.00. The van der Waals surface area contributed by atoms with Crippen LogP contribution in [0.25, 0.3) is 0 Å². The van der Waals surface area contributed by atoms with Crippen molar-refractivity contribution in [3.8, 4) is 0 Å². The normalized spacial score (nSPS) is 16.9. The van der Waals surface area contributed by atoms with Crippen molar-refractivity contribution in [1.82, 2.24) is 20.9 Å². The van der Waals surface area contributed by atoms with E-state index in [9.17, 15) is 24.3 Å². The monoisotopic (exact) mass is 616 g/mol. The summed E-state index contributed by atoms with van der Waals surface area (Å²) in [5.41, 5.74) is 4.06. The number of hydrogen-bond acceptors (Lipinski definition) is 6. The molecule has 1 aliphatic heterocycles. The van der Waals surface area contributed by atoms with Gasteiger partial charge in [-0.05, 0) is 62.4 Å². The number of thioether (sulfide) groups is 1. The summed E-state index contributed by atoms with van der Waals surface area (Å²) in [4.78, 5) is 54.4. The Balaban J connectivity index is 1.47. The molecule has 0 aliphatic carbocycles. The number of aliphatic hydroxyl groups excluding tert-OH is 1. The summed E-state index contributed by atoms with van der Waals surface area (Å²) in [7, 11) is 0. The zero-order valence-corrected chi connectivity index (χ0v) is 26.3. The molecule has 1 aliphatic rings. The van der Waals surface area contributed by atoms with Gasteiger partial charge in [0.05, 0.1) is 18.5 Å². The van der Waals surface area contributed by atoms with Crippen LogP contribution >= 0.6 is 11.8 Å². The minimum absolute atomic E-state index is 0.166. The molecule has 4 N–H and O–H groups in total. The second kappa shape index (κ2) is 14.5. The molecule has 0 saturated carbocycles. The largest absolute Gasteiger partial charge is 0.381 e. The Morgan fingerprint density at radius 3 is 2.23 bits per heavy atom. The lowest BCUT2D eigenvalue weighted by atomic mass is 9.97. The molecule has 4 amide bonds. The fraction of sp³-hybridized carbons (Fsp3) is 0.353. The molecule has 3 atom stereocenters. The van der Waals surface area contributed by atoms with E-state index in [1.165, 1.54) is 16.7 Å². The van der Waals surface area contributed by atoms with Gasteiger partial charge in [0.25, 0.3) is 11.8 Å². The Morgan fingerprint density at radius 2 is 1.55 bits per heavy atom. The molecular weight excluding hydrogens is 576 g/mol. The molecule has 3 aromatic rings. The van der Waals surface area contributed by atoms with Crippen LogP contribution in [-0.2, 0) is 27.3 Å². The van der Waals surface area contributed by atoms with Crippen LogP contribution < -0.4 is 16.0 Å². The van der Waals surface area contributed by atoms with Gasteiger partial charge in [-0.2, -0.15) is 0 Å². The molecule has 1 heterocycles. The smallest absolute Gasteiger partial charge is 0.254 e. The minimum Gasteiger partial charge on any atom is -0.381 e. The van der Waals surface area contributed by atoms with E-state index in [1.54, 1.807) is 25.1 Å². The van der Waals surface area contributed by atoms with E-state index in [0.29, 0.717) is 12.1 Å². The van der Waals surface area contributed by atoms with Crippen molar-refractivity contribution in [1.29, 1.82) is 0 Å². The molecule has 9 nitrogen and oxygen atoms in total. The van der Waals surface area contributed by atoms with Gasteiger partial charge in [-0.1, -0.05) is 72.8 Å². The first-order valence-electron chi connectivity index (χ1n) is 14.6. The summed E-state index contributed by atoms with van der Waals surface area (Å²) in [6.07, 6.45) is -1.47. The highest BCUT2D eigenvalue weighted by atomic mass is 32.2. The van der Waals surface area contributed by atoms with Gasteiger partial charge in [-0.3, -0.25) is 19.2 Å². The van der Waals surface area contributed by atoms with Crippen molar-refractivity contribution < 1.29 is 24.3 Å². The van der Waals surface area contributed by atoms with E-state index in [4.69, 9.17) is 0 Å². The molecule has 10 heteroatoms. The van der Waals surface area contributed by atoms with Crippen LogP contribution in [0.4, 0.5) is 0 Å². The van der Waals surface area contributed by atoms with Crippen LogP contribution in [0.15, 0.2) is 78.9 Å². The molecule has 0 aromatic heterocycles. The minimum atomic E-state index is -1.63. The lowest BCUT2D eigenvalue weighted by Crippen LogP contribution is -2.59. The Bertz CT molecular complexity index is 1500. The lowest BCUT2D eigenvalue weighted by molar-refractivity contribution is -0.147. The summed E-state index contributed by atoms with van der Waals surface area (Å²) in [5, 5.41) is 19.8. The van der Waals surface area contributed by atoms with Crippen molar-refractivity contribution >= 4 is 35.4 Å². The van der Waals surface area contributed by atoms with Crippen LogP contribution in [0.5, 0.6) is 0 Å². The zero-order valence-electron chi connectivity index (χ0n) is 25.5. The predicted molar refractivity (Wildman–Crippen MR) is 172 cm³/mol. The van der Waals surface area contributed by atoms with Crippen molar-refractivity contribution in [2.75, 3.05) is 12.4 Å². The molecule has 232 valence electrons. The van der Waals surface area contributed by atoms with Gasteiger partial charge in [0.15, 0.2) is 6.10 Å². The lowest BCUT2D eigenvalue weighted by Gasteiger charge is -2.33. The maximum absolute atomic E-state index is 13.8. The highest BCUT2D eigenvalue weighted by Gasteiger charge is 2.49. The molecule has 44 heavy (non-hydrogen) atoms. The van der Waals surface area contributed by atoms with E-state index in [0.717, 1.165) is 22.3 Å². The molecule has 4 rings (SSSR count). The van der Waals surface area contributed by atoms with E-state index in [-0.39, 0.29) is 24.7 Å². The average molecular weight is 617 g/mol. The van der Waals surface area contributed by atoms with E-state index in [1.807, 2.05) is 81.4 Å². The third-order valence-corrected chi connectivity index (χ3v) is 9.24. The van der Waals surface area contributed by atoms with Crippen LogP contribution in [0.1, 0.15) is 46.5 Å². The maximum atomic E-state index is 13.8. The quantitative estimate of drug-likeness (QED) is 0.262. The number of carbonyl (C=O) groups is 4. The van der Waals surface area contributed by atoms with Crippen molar-refractivity contribution in [2.24, 2.45) is 0 Å². The SMILES string of the molecule is Cc1ccccc1CNC(=O)[C@H]1N(C(=O)[C@@H](O)[C@H](Cc2ccccc2)NC(=O)CNC(=O)c2ccccc2C)CSC1(C)C. The van der Waals surface area contributed by atoms with E-state index in [2.05, 4.69) is 16.0 Å². The van der Waals surface area contributed by atoms with E-state index < -0.39 is 40.7 Å². The number of nitrogens with one attached hydrogen (secondary N) is 3. The molecule has 1 saturated heterocycles. The summed E-state index contributed by atoms with van der Waals surface area (Å²) in [6.45, 7) is 7.55. The first-order valence-corrected chi connectivity index (χ1v) is 15.6. The Hall–Kier alpha value is -4.15. The first-order chi connectivity index (χ1) is 21.0. The van der Waals surface area contributed by atoms with Crippen LogP contribution in [0.3, 0.4) is 0 Å². The number of carbonyl (C=O) groups excluding carboxylic acids is 4. The van der Waals surface area contributed by atoms with Crippen LogP contribution in [0.2, 0.25) is 0 Å². The highest BCUT2D eigenvalue weighted by Crippen LogP contribution is 2.40. The topological polar surface area (TPSA) is 128 Å². The molecule has 0 spiro atoms. The molecule has 1 fully saturated rings. The average Bonchev–Trinajstić information content (AvgIpc) is 3.33. The molecule has 0 radical (unpaired) electrons. The fourth-order valence-electron chi connectivity index (χ4n) is 5.29. The fourth-order valence-corrected chi connectivity index (χ4v) is 6.43. The van der Waals surface area contributed by atoms with Crippen molar-refractivity contribution in [3.63, 3.8) is 0 Å². The number of benzene rings is 3. The number of rotatable bonds is 11. The molecule has 3 aromatic carbocycles. The maximum Gasteiger partial charge on any atom is 0.254 e. The van der Waals surface area contributed by atoms with E-state index >= 15 is 0 Å². The molecule has 0 bridgehead atoms. The third-order valence-electron chi connectivity index (χ3n) is 7.87. The van der Waals surface area contributed by atoms with Crippen LogP contribution in [0, 0.1) is 13.8 Å². The molecule has 0 unspecified atom stereocenters. The Kier molecular flexibility index (Phi) is 10.8. The summed E-state index contributed by atoms with van der Waals surface area (Å²) >= 11 is 1.45. The van der Waals surface area contributed by atoms with Crippen molar-refractivity contribution in [2.45, 2.75) is 63.6 Å². The van der Waals surface area contributed by atoms with Gasteiger partial charge in [-0.15, -0.1) is 11.8 Å². The van der Waals surface area contributed by atoms with Gasteiger partial charge in [0.1, 0.15) is 6.04 Å². The molecular formula is C34H40N4O5S. The Morgan fingerprint density at radius 1 is 0.909 bits per heavy atom. The van der Waals surface area contributed by atoms with Crippen molar-refractivity contribution in [3.05, 3.63) is 107 Å². The van der Waals surface area contributed by atoms with Gasteiger partial charge in [0, 0.05) is 16.9 Å². The van der Waals surface area contributed by atoms with Crippen LogP contribution in [-0.4, -0.2) is 69.0 Å². The van der Waals surface area contributed by atoms with Gasteiger partial charge >= 0.3 is 0 Å². The van der Waals surface area contributed by atoms with Gasteiger partial charge in [-0.25, -0.2) is 0 Å². The second-order valence-corrected chi connectivity index (χ2v) is 13.1. The number of aliphatic hydroxyl groups is 1. The first kappa shape index (κ1) is 32.8. The number of nitrogens with zero attached hydrogens (tertiary/aromatic N) is 1. The standard InChI is InChI=1S/C34H40N4O5S/c1-22-12-8-10-16-25(22)19-35-32(42)30-34(3,4)44-21-38(30)33(43)29(40)27(18-24-14-6-5-7-15-24)37-28(39)20-36-31(41)26-17-11-9-13-23(26)2/h5-17,27,29-30,40H,18-21H2,1-4H3,(H,35,42)(H,36,41)(H,37,39)/t27-,29-,30+/m0/s1. The zero-order chi connectivity index (χ0) is 31.9. The number of hydrogen-bond donors (Lipinski definition) is 4. The summed E-state index contributed by atoms with van der Waals surface area (Å²) in [6, 6.07) is 22.2. The van der Waals surface area contributed by atoms with Gasteiger partial charge < -0.3 is 26.0 Å². The second-order valence-electron chi connectivity index (χ2n) is 11.5. The number of aryl methyl sites for hydroxylation is 2. The summed E-state index contributed by atoms with van der Waals surface area (Å²) < 4.78 is -0.608. The predicted octanol–water partition coefficient (Wildman–Crippen LogP) is 3.12. The Labute approximate surface area is 262 Å². The third kappa shape index (κ3) is 8.06. The summed E-state index contributed by atoms with van der Waals surface area (Å²) in [5.74, 6) is -1.70. The number of amides is 4. The van der Waals surface area contributed by atoms with Gasteiger partial charge in [0.2, 0.25) is 11.8 Å².